The third kappa shape index (κ3) is 6.00. The molecule has 0 fully saturated rings. The zero-order valence-corrected chi connectivity index (χ0v) is 17.6. The van der Waals surface area contributed by atoms with Crippen molar-refractivity contribution < 1.29 is 9.53 Å². The van der Waals surface area contributed by atoms with E-state index in [0.717, 1.165) is 22.5 Å². The molecule has 0 aliphatic carbocycles. The molecule has 29 heavy (non-hydrogen) atoms. The predicted molar refractivity (Wildman–Crippen MR) is 120 cm³/mol. The number of carbonyl (C=O) groups is 1. The van der Waals surface area contributed by atoms with Crippen molar-refractivity contribution in [3.8, 4) is 5.75 Å². The van der Waals surface area contributed by atoms with Gasteiger partial charge in [0.2, 0.25) is 0 Å². The highest BCUT2D eigenvalue weighted by molar-refractivity contribution is 6.32. The second-order valence-electron chi connectivity index (χ2n) is 7.12. The van der Waals surface area contributed by atoms with E-state index in [4.69, 9.17) is 16.3 Å². The van der Waals surface area contributed by atoms with E-state index in [9.17, 15) is 4.79 Å². The summed E-state index contributed by atoms with van der Waals surface area (Å²) >= 11 is 6.34. The largest absolute Gasteiger partial charge is 0.482 e. The molecule has 150 valence electrons. The molecule has 0 aliphatic heterocycles. The highest BCUT2D eigenvalue weighted by Crippen LogP contribution is 2.26. The van der Waals surface area contributed by atoms with E-state index in [2.05, 4.69) is 42.7 Å². The maximum atomic E-state index is 12.1. The number of rotatable bonds is 7. The van der Waals surface area contributed by atoms with Crippen molar-refractivity contribution in [2.45, 2.75) is 27.3 Å². The van der Waals surface area contributed by atoms with Gasteiger partial charge in [0.1, 0.15) is 5.75 Å². The van der Waals surface area contributed by atoms with Gasteiger partial charge in [-0.2, -0.15) is 0 Å². The lowest BCUT2D eigenvalue weighted by atomic mass is 10.1. The first-order valence-corrected chi connectivity index (χ1v) is 9.87. The fraction of sp³-hybridized carbons (Fsp3) is 0.208. The van der Waals surface area contributed by atoms with E-state index in [1.807, 2.05) is 43.3 Å². The van der Waals surface area contributed by atoms with Crippen molar-refractivity contribution in [1.29, 1.82) is 0 Å². The number of carbonyl (C=O) groups excluding carboxylic acids is 1. The van der Waals surface area contributed by atoms with Gasteiger partial charge in [-0.05, 0) is 79.4 Å². The molecule has 0 saturated carbocycles. The lowest BCUT2D eigenvalue weighted by Crippen LogP contribution is -2.20. The van der Waals surface area contributed by atoms with Gasteiger partial charge in [-0.25, -0.2) is 0 Å². The Morgan fingerprint density at radius 2 is 1.76 bits per heavy atom. The zero-order chi connectivity index (χ0) is 20.8. The van der Waals surface area contributed by atoms with Gasteiger partial charge in [-0.15, -0.1) is 0 Å². The number of hydrogen-bond acceptors (Lipinski definition) is 3. The summed E-state index contributed by atoms with van der Waals surface area (Å²) in [5.41, 5.74) is 6.45. The molecule has 5 heteroatoms. The van der Waals surface area contributed by atoms with Crippen LogP contribution in [0.1, 0.15) is 22.3 Å². The number of aryl methyl sites for hydroxylation is 3. The zero-order valence-electron chi connectivity index (χ0n) is 16.9. The molecule has 4 nitrogen and oxygen atoms in total. The van der Waals surface area contributed by atoms with Crippen LogP contribution >= 0.6 is 11.6 Å². The van der Waals surface area contributed by atoms with Crippen LogP contribution in [0.5, 0.6) is 5.75 Å². The van der Waals surface area contributed by atoms with Crippen molar-refractivity contribution in [3.05, 3.63) is 87.9 Å². The molecule has 3 aromatic carbocycles. The maximum absolute atomic E-state index is 12.1. The molecule has 0 spiro atoms. The SMILES string of the molecule is Cc1cccc(NC(=O)COc2ccc(CNc3ccc(C)c(C)c3)cc2Cl)c1. The van der Waals surface area contributed by atoms with Crippen LogP contribution in [0.15, 0.2) is 60.7 Å². The first-order chi connectivity index (χ1) is 13.9. The summed E-state index contributed by atoms with van der Waals surface area (Å²) in [6.45, 7) is 6.71. The van der Waals surface area contributed by atoms with Crippen LogP contribution in [0.25, 0.3) is 0 Å². The van der Waals surface area contributed by atoms with E-state index in [0.29, 0.717) is 17.3 Å². The maximum Gasteiger partial charge on any atom is 0.262 e. The Morgan fingerprint density at radius 3 is 2.48 bits per heavy atom. The first kappa shape index (κ1) is 20.7. The number of anilines is 2. The van der Waals surface area contributed by atoms with E-state index in [1.54, 1.807) is 6.07 Å². The minimum absolute atomic E-state index is 0.103. The number of halogens is 1. The molecular weight excluding hydrogens is 384 g/mol. The van der Waals surface area contributed by atoms with Crippen LogP contribution in [-0.4, -0.2) is 12.5 Å². The summed E-state index contributed by atoms with van der Waals surface area (Å²) in [4.78, 5) is 12.1. The molecule has 0 saturated heterocycles. The van der Waals surface area contributed by atoms with Crippen LogP contribution in [0.2, 0.25) is 5.02 Å². The molecule has 0 radical (unpaired) electrons. The minimum atomic E-state index is -0.229. The van der Waals surface area contributed by atoms with Gasteiger partial charge in [0.15, 0.2) is 6.61 Å². The number of benzene rings is 3. The van der Waals surface area contributed by atoms with Crippen LogP contribution in [-0.2, 0) is 11.3 Å². The predicted octanol–water partition coefficient (Wildman–Crippen LogP) is 5.89. The molecular formula is C24H25ClN2O2. The quantitative estimate of drug-likeness (QED) is 0.512. The summed E-state index contributed by atoms with van der Waals surface area (Å²) in [5, 5.41) is 6.69. The summed E-state index contributed by atoms with van der Waals surface area (Å²) in [6, 6.07) is 19.5. The van der Waals surface area contributed by atoms with Crippen LogP contribution in [0.3, 0.4) is 0 Å². The monoisotopic (exact) mass is 408 g/mol. The topological polar surface area (TPSA) is 50.4 Å². The summed E-state index contributed by atoms with van der Waals surface area (Å²) in [7, 11) is 0. The van der Waals surface area contributed by atoms with Crippen molar-refractivity contribution in [2.24, 2.45) is 0 Å². The van der Waals surface area contributed by atoms with Crippen molar-refractivity contribution in [2.75, 3.05) is 17.2 Å². The van der Waals surface area contributed by atoms with Crippen molar-refractivity contribution in [1.82, 2.24) is 0 Å². The van der Waals surface area contributed by atoms with Crippen LogP contribution < -0.4 is 15.4 Å². The highest BCUT2D eigenvalue weighted by atomic mass is 35.5. The Morgan fingerprint density at radius 1 is 0.931 bits per heavy atom. The van der Waals surface area contributed by atoms with Crippen LogP contribution in [0, 0.1) is 20.8 Å². The van der Waals surface area contributed by atoms with E-state index >= 15 is 0 Å². The molecule has 0 atom stereocenters. The smallest absolute Gasteiger partial charge is 0.262 e. The third-order valence-electron chi connectivity index (χ3n) is 4.66. The van der Waals surface area contributed by atoms with E-state index < -0.39 is 0 Å². The number of nitrogens with one attached hydrogen (secondary N) is 2. The van der Waals surface area contributed by atoms with Gasteiger partial charge in [-0.1, -0.05) is 35.9 Å². The molecule has 0 aliphatic rings. The van der Waals surface area contributed by atoms with Gasteiger partial charge < -0.3 is 15.4 Å². The lowest BCUT2D eigenvalue weighted by Gasteiger charge is -2.12. The summed E-state index contributed by atoms with van der Waals surface area (Å²) in [6.07, 6.45) is 0. The number of hydrogen-bond donors (Lipinski definition) is 2. The standard InChI is InChI=1S/C24H25ClN2O2/c1-16-5-4-6-21(11-16)27-24(28)15-29-23-10-8-19(13-22(23)25)14-26-20-9-7-17(2)18(3)12-20/h4-13,26H,14-15H2,1-3H3,(H,27,28). The Kier molecular flexibility index (Phi) is 6.78. The number of amides is 1. The first-order valence-electron chi connectivity index (χ1n) is 9.49. The van der Waals surface area contributed by atoms with Gasteiger partial charge in [0.05, 0.1) is 5.02 Å². The lowest BCUT2D eigenvalue weighted by molar-refractivity contribution is -0.118. The number of ether oxygens (including phenoxy) is 1. The summed E-state index contributed by atoms with van der Waals surface area (Å²) in [5.74, 6) is 0.258. The van der Waals surface area contributed by atoms with Gasteiger partial charge in [0.25, 0.3) is 5.91 Å². The van der Waals surface area contributed by atoms with Crippen molar-refractivity contribution >= 4 is 28.9 Å². The Balaban J connectivity index is 1.53. The molecule has 0 unspecified atom stereocenters. The van der Waals surface area contributed by atoms with Gasteiger partial charge >= 0.3 is 0 Å². The molecule has 1 amide bonds. The highest BCUT2D eigenvalue weighted by Gasteiger charge is 2.08. The average Bonchev–Trinajstić information content (AvgIpc) is 2.68. The average molecular weight is 409 g/mol. The molecule has 3 aromatic rings. The Bertz CT molecular complexity index is 1020. The van der Waals surface area contributed by atoms with Crippen LogP contribution in [0.4, 0.5) is 11.4 Å². The normalized spacial score (nSPS) is 10.5. The molecule has 0 bridgehead atoms. The Hall–Kier alpha value is -2.98. The minimum Gasteiger partial charge on any atom is -0.482 e. The molecule has 3 rings (SSSR count). The molecule has 2 N–H and O–H groups in total. The molecule has 0 heterocycles. The summed E-state index contributed by atoms with van der Waals surface area (Å²) < 4.78 is 5.58. The van der Waals surface area contributed by atoms with E-state index in [-0.39, 0.29) is 12.5 Å². The van der Waals surface area contributed by atoms with E-state index in [1.165, 1.54) is 11.1 Å². The molecule has 0 aromatic heterocycles. The second-order valence-corrected chi connectivity index (χ2v) is 7.53. The third-order valence-corrected chi connectivity index (χ3v) is 4.96. The van der Waals surface area contributed by atoms with Gasteiger partial charge in [0, 0.05) is 17.9 Å². The fourth-order valence-corrected chi connectivity index (χ4v) is 3.15. The van der Waals surface area contributed by atoms with Gasteiger partial charge in [-0.3, -0.25) is 4.79 Å². The van der Waals surface area contributed by atoms with Crippen molar-refractivity contribution in [3.63, 3.8) is 0 Å². The fourth-order valence-electron chi connectivity index (χ4n) is 2.89. The Labute approximate surface area is 176 Å². The second kappa shape index (κ2) is 9.48.